The lowest BCUT2D eigenvalue weighted by Gasteiger charge is -2.32. The fraction of sp³-hybridized carbons (Fsp3) is 0.412. The van der Waals surface area contributed by atoms with Crippen molar-refractivity contribution in [2.24, 2.45) is 12.5 Å². The van der Waals surface area contributed by atoms with Crippen LogP contribution in [0.2, 0.25) is 0 Å². The van der Waals surface area contributed by atoms with Crippen LogP contribution in [-0.2, 0) is 13.6 Å². The molecule has 2 rings (SSSR count). The first kappa shape index (κ1) is 13.9. The SMILES string of the molecule is Cn1cccc1CNC(c1ccccc1)C(C)(C)C. The normalized spacial score (nSPS) is 13.5. The van der Waals surface area contributed by atoms with Crippen LogP contribution in [0.25, 0.3) is 0 Å². The minimum Gasteiger partial charge on any atom is -0.353 e. The van der Waals surface area contributed by atoms with Crippen molar-refractivity contribution in [2.45, 2.75) is 33.4 Å². The number of rotatable bonds is 4. The van der Waals surface area contributed by atoms with Crippen molar-refractivity contribution in [2.75, 3.05) is 0 Å². The van der Waals surface area contributed by atoms with Gasteiger partial charge in [-0.05, 0) is 23.1 Å². The number of hydrogen-bond donors (Lipinski definition) is 1. The number of aromatic nitrogens is 1. The van der Waals surface area contributed by atoms with E-state index in [1.807, 2.05) is 0 Å². The van der Waals surface area contributed by atoms with Crippen LogP contribution >= 0.6 is 0 Å². The maximum atomic E-state index is 3.70. The van der Waals surface area contributed by atoms with Crippen LogP contribution in [0.1, 0.15) is 38.1 Å². The van der Waals surface area contributed by atoms with Gasteiger partial charge in [0.15, 0.2) is 0 Å². The third-order valence-corrected chi connectivity index (χ3v) is 3.54. The van der Waals surface area contributed by atoms with Crippen molar-refractivity contribution in [1.29, 1.82) is 0 Å². The van der Waals surface area contributed by atoms with Crippen LogP contribution in [0.5, 0.6) is 0 Å². The van der Waals surface area contributed by atoms with Gasteiger partial charge in [-0.1, -0.05) is 51.1 Å². The second-order valence-electron chi connectivity index (χ2n) is 6.20. The quantitative estimate of drug-likeness (QED) is 0.878. The van der Waals surface area contributed by atoms with Crippen LogP contribution < -0.4 is 5.32 Å². The highest BCUT2D eigenvalue weighted by Gasteiger charge is 2.25. The first-order valence-corrected chi connectivity index (χ1v) is 6.87. The Morgan fingerprint density at radius 3 is 2.26 bits per heavy atom. The fourth-order valence-corrected chi connectivity index (χ4v) is 2.46. The molecule has 0 radical (unpaired) electrons. The summed E-state index contributed by atoms with van der Waals surface area (Å²) in [6.45, 7) is 7.73. The molecule has 1 unspecified atom stereocenters. The monoisotopic (exact) mass is 256 g/mol. The fourth-order valence-electron chi connectivity index (χ4n) is 2.46. The molecule has 0 aliphatic heterocycles. The molecule has 0 bridgehead atoms. The van der Waals surface area contributed by atoms with E-state index in [2.05, 4.69) is 86.4 Å². The van der Waals surface area contributed by atoms with Crippen LogP contribution in [0, 0.1) is 5.41 Å². The lowest BCUT2D eigenvalue weighted by molar-refractivity contribution is 0.269. The summed E-state index contributed by atoms with van der Waals surface area (Å²) in [7, 11) is 2.09. The van der Waals surface area contributed by atoms with Crippen LogP contribution in [0.3, 0.4) is 0 Å². The van der Waals surface area contributed by atoms with Crippen molar-refractivity contribution in [1.82, 2.24) is 9.88 Å². The minimum absolute atomic E-state index is 0.187. The minimum atomic E-state index is 0.187. The number of aryl methyl sites for hydroxylation is 1. The molecule has 1 heterocycles. The molecule has 2 aromatic rings. The molecule has 102 valence electrons. The lowest BCUT2D eigenvalue weighted by Crippen LogP contribution is -2.32. The van der Waals surface area contributed by atoms with E-state index in [0.717, 1.165) is 6.54 Å². The maximum absolute atomic E-state index is 3.70. The van der Waals surface area contributed by atoms with Gasteiger partial charge in [0.05, 0.1) is 0 Å². The Balaban J connectivity index is 2.14. The predicted molar refractivity (Wildman–Crippen MR) is 80.9 cm³/mol. The van der Waals surface area contributed by atoms with Gasteiger partial charge in [0.1, 0.15) is 0 Å². The summed E-state index contributed by atoms with van der Waals surface area (Å²) in [5.41, 5.74) is 2.85. The van der Waals surface area contributed by atoms with Crippen molar-refractivity contribution in [3.8, 4) is 0 Å². The Hall–Kier alpha value is -1.54. The molecule has 0 saturated carbocycles. The topological polar surface area (TPSA) is 17.0 Å². The molecule has 1 atom stereocenters. The van der Waals surface area contributed by atoms with Gasteiger partial charge in [-0.3, -0.25) is 0 Å². The summed E-state index contributed by atoms with van der Waals surface area (Å²) >= 11 is 0. The highest BCUT2D eigenvalue weighted by atomic mass is 15.0. The van der Waals surface area contributed by atoms with Crippen LogP contribution in [0.15, 0.2) is 48.7 Å². The Morgan fingerprint density at radius 2 is 1.74 bits per heavy atom. The third kappa shape index (κ3) is 3.48. The van der Waals surface area contributed by atoms with E-state index >= 15 is 0 Å². The van der Waals surface area contributed by atoms with Crippen molar-refractivity contribution >= 4 is 0 Å². The molecule has 1 N–H and O–H groups in total. The zero-order chi connectivity index (χ0) is 13.9. The number of nitrogens with one attached hydrogen (secondary N) is 1. The number of benzene rings is 1. The average molecular weight is 256 g/mol. The Morgan fingerprint density at radius 1 is 1.05 bits per heavy atom. The van der Waals surface area contributed by atoms with E-state index in [1.54, 1.807) is 0 Å². The van der Waals surface area contributed by atoms with Gasteiger partial charge in [0, 0.05) is 31.5 Å². The molecule has 2 heteroatoms. The van der Waals surface area contributed by atoms with Gasteiger partial charge < -0.3 is 9.88 Å². The van der Waals surface area contributed by atoms with Gasteiger partial charge in [-0.25, -0.2) is 0 Å². The first-order valence-electron chi connectivity index (χ1n) is 6.87. The van der Waals surface area contributed by atoms with E-state index in [9.17, 15) is 0 Å². The molecule has 2 nitrogen and oxygen atoms in total. The molecule has 0 aliphatic rings. The Bertz CT molecular complexity index is 506. The Kier molecular flexibility index (Phi) is 4.11. The Labute approximate surface area is 116 Å². The highest BCUT2D eigenvalue weighted by molar-refractivity contribution is 5.21. The molecular formula is C17H24N2. The number of nitrogens with zero attached hydrogens (tertiary/aromatic N) is 1. The van der Waals surface area contributed by atoms with Gasteiger partial charge >= 0.3 is 0 Å². The van der Waals surface area contributed by atoms with Gasteiger partial charge in [0.2, 0.25) is 0 Å². The highest BCUT2D eigenvalue weighted by Crippen LogP contribution is 2.32. The van der Waals surface area contributed by atoms with Gasteiger partial charge in [-0.15, -0.1) is 0 Å². The smallest absolute Gasteiger partial charge is 0.0372 e. The molecule has 0 spiro atoms. The molecule has 1 aromatic heterocycles. The van der Waals surface area contributed by atoms with Gasteiger partial charge in [0.25, 0.3) is 0 Å². The molecule has 0 amide bonds. The summed E-state index contributed by atoms with van der Waals surface area (Å²) in [5, 5.41) is 3.70. The maximum Gasteiger partial charge on any atom is 0.0372 e. The summed E-state index contributed by atoms with van der Waals surface area (Å²) in [5.74, 6) is 0. The van der Waals surface area contributed by atoms with E-state index in [4.69, 9.17) is 0 Å². The molecular weight excluding hydrogens is 232 g/mol. The lowest BCUT2D eigenvalue weighted by atomic mass is 9.82. The molecule has 0 fully saturated rings. The van der Waals surface area contributed by atoms with E-state index < -0.39 is 0 Å². The van der Waals surface area contributed by atoms with Gasteiger partial charge in [-0.2, -0.15) is 0 Å². The van der Waals surface area contributed by atoms with Crippen molar-refractivity contribution in [3.63, 3.8) is 0 Å². The summed E-state index contributed by atoms with van der Waals surface area (Å²) < 4.78 is 2.16. The van der Waals surface area contributed by atoms with Crippen molar-refractivity contribution < 1.29 is 0 Å². The standard InChI is InChI=1S/C17H24N2/c1-17(2,3)16(14-9-6-5-7-10-14)18-13-15-11-8-12-19(15)4/h5-12,16,18H,13H2,1-4H3. The second kappa shape index (κ2) is 5.62. The van der Waals surface area contributed by atoms with E-state index in [-0.39, 0.29) is 5.41 Å². The zero-order valence-electron chi connectivity index (χ0n) is 12.4. The summed E-state index contributed by atoms with van der Waals surface area (Å²) in [6.07, 6.45) is 2.09. The molecule has 0 aliphatic carbocycles. The molecule has 19 heavy (non-hydrogen) atoms. The first-order chi connectivity index (χ1) is 8.98. The van der Waals surface area contributed by atoms with E-state index in [0.29, 0.717) is 6.04 Å². The van der Waals surface area contributed by atoms with Crippen LogP contribution in [-0.4, -0.2) is 4.57 Å². The van der Waals surface area contributed by atoms with E-state index in [1.165, 1.54) is 11.3 Å². The second-order valence-corrected chi connectivity index (χ2v) is 6.20. The largest absolute Gasteiger partial charge is 0.353 e. The summed E-state index contributed by atoms with van der Waals surface area (Å²) in [4.78, 5) is 0. The molecule has 1 aromatic carbocycles. The van der Waals surface area contributed by atoms with Crippen molar-refractivity contribution in [3.05, 3.63) is 59.9 Å². The number of hydrogen-bond acceptors (Lipinski definition) is 1. The summed E-state index contributed by atoms with van der Waals surface area (Å²) in [6, 6.07) is 15.3. The molecule has 0 saturated heterocycles. The zero-order valence-corrected chi connectivity index (χ0v) is 12.4. The third-order valence-electron chi connectivity index (χ3n) is 3.54. The van der Waals surface area contributed by atoms with Crippen LogP contribution in [0.4, 0.5) is 0 Å². The average Bonchev–Trinajstić information content (AvgIpc) is 2.75. The predicted octanol–water partition coefficient (Wildman–Crippen LogP) is 3.90.